The average molecular weight is 529 g/mol. The van der Waals surface area contributed by atoms with Crippen molar-refractivity contribution in [2.45, 2.75) is 45.2 Å². The van der Waals surface area contributed by atoms with Gasteiger partial charge in [0.1, 0.15) is 22.5 Å². The van der Waals surface area contributed by atoms with Crippen LogP contribution in [0, 0.1) is 5.82 Å². The second-order valence-corrected chi connectivity index (χ2v) is 12.5. The van der Waals surface area contributed by atoms with E-state index in [4.69, 9.17) is 4.98 Å². The van der Waals surface area contributed by atoms with Gasteiger partial charge in [-0.05, 0) is 61.7 Å². The normalized spacial score (nSPS) is 14.2. The highest BCUT2D eigenvalue weighted by molar-refractivity contribution is 7.84. The first kappa shape index (κ1) is 25.9. The summed E-state index contributed by atoms with van der Waals surface area (Å²) in [5.74, 6) is -0.765. The van der Waals surface area contributed by atoms with Crippen molar-refractivity contribution >= 4 is 16.9 Å². The largest absolute Gasteiger partial charge is 0.347 e. The zero-order chi connectivity index (χ0) is 26.9. The van der Waals surface area contributed by atoms with Gasteiger partial charge < -0.3 is 5.32 Å². The van der Waals surface area contributed by atoms with E-state index in [2.05, 4.69) is 10.3 Å². The fraction of sp³-hybridized carbons (Fsp3) is 0.233. The maximum Gasteiger partial charge on any atom is 0.270 e. The van der Waals surface area contributed by atoms with Crippen molar-refractivity contribution in [1.82, 2.24) is 19.6 Å². The molecule has 0 radical (unpaired) electrons. The topological polar surface area (TPSA) is 75.2 Å². The van der Waals surface area contributed by atoms with E-state index in [1.165, 1.54) is 6.07 Å². The van der Waals surface area contributed by atoms with Crippen LogP contribution in [0.3, 0.4) is 0 Å². The molecule has 1 amide bonds. The fourth-order valence-electron chi connectivity index (χ4n) is 4.51. The molecule has 6 nitrogen and oxygen atoms in total. The van der Waals surface area contributed by atoms with Crippen LogP contribution < -0.4 is 5.32 Å². The number of nitrogens with zero attached hydrogens (tertiary/aromatic N) is 3. The lowest BCUT2D eigenvalue weighted by Crippen LogP contribution is -2.34. The standard InChI is InChI=1S/C30H29FN4O2S/c1-30(2,3)38(37)35-18-24-15-27(29(36)33-17-23-8-4-5-12-26(23)31)34-28(25(24)19-35)21-10-6-9-20(14-21)22-11-7-13-32-16-22/h4-16H,17-19H2,1-3H3,(H,33,36). The highest BCUT2D eigenvalue weighted by Gasteiger charge is 2.33. The van der Waals surface area contributed by atoms with Gasteiger partial charge in [-0.1, -0.05) is 42.5 Å². The average Bonchev–Trinajstić information content (AvgIpc) is 3.35. The smallest absolute Gasteiger partial charge is 0.270 e. The monoisotopic (exact) mass is 528 g/mol. The van der Waals surface area contributed by atoms with Crippen molar-refractivity contribution < 1.29 is 13.4 Å². The number of carbonyl (C=O) groups is 1. The van der Waals surface area contributed by atoms with Crippen molar-refractivity contribution in [3.05, 3.63) is 107 Å². The van der Waals surface area contributed by atoms with E-state index >= 15 is 0 Å². The molecule has 0 spiro atoms. The number of carbonyl (C=O) groups excluding carboxylic acids is 1. The van der Waals surface area contributed by atoms with E-state index in [0.29, 0.717) is 24.3 Å². The minimum Gasteiger partial charge on any atom is -0.347 e. The second kappa shape index (κ2) is 10.6. The number of rotatable bonds is 6. The molecule has 8 heteroatoms. The van der Waals surface area contributed by atoms with Gasteiger partial charge in [0.25, 0.3) is 5.91 Å². The van der Waals surface area contributed by atoms with Crippen LogP contribution in [-0.2, 0) is 30.6 Å². The molecule has 0 bridgehead atoms. The van der Waals surface area contributed by atoms with Crippen molar-refractivity contribution in [3.8, 4) is 22.4 Å². The van der Waals surface area contributed by atoms with Crippen LogP contribution >= 0.6 is 0 Å². The Kier molecular flexibility index (Phi) is 7.19. The molecule has 1 aliphatic rings. The Morgan fingerprint density at radius 2 is 1.76 bits per heavy atom. The van der Waals surface area contributed by atoms with E-state index in [-0.39, 0.29) is 18.1 Å². The zero-order valence-electron chi connectivity index (χ0n) is 21.6. The Balaban J connectivity index is 1.53. The van der Waals surface area contributed by atoms with E-state index in [1.54, 1.807) is 36.7 Å². The maximum atomic E-state index is 14.1. The third kappa shape index (κ3) is 5.42. The summed E-state index contributed by atoms with van der Waals surface area (Å²) < 4.78 is 28.8. The summed E-state index contributed by atoms with van der Waals surface area (Å²) in [5, 5.41) is 2.80. The number of aromatic nitrogens is 2. The quantitative estimate of drug-likeness (QED) is 0.351. The number of pyridine rings is 2. The molecule has 194 valence electrons. The predicted molar refractivity (Wildman–Crippen MR) is 148 cm³/mol. The molecule has 3 heterocycles. The Hall–Kier alpha value is -3.75. The van der Waals surface area contributed by atoms with Gasteiger partial charge in [0.2, 0.25) is 0 Å². The maximum absolute atomic E-state index is 14.1. The third-order valence-corrected chi connectivity index (χ3v) is 8.19. The Morgan fingerprint density at radius 3 is 2.50 bits per heavy atom. The number of hydrogen-bond donors (Lipinski definition) is 1. The summed E-state index contributed by atoms with van der Waals surface area (Å²) in [7, 11) is -1.23. The first-order valence-electron chi connectivity index (χ1n) is 12.4. The first-order chi connectivity index (χ1) is 18.2. The predicted octanol–water partition coefficient (Wildman–Crippen LogP) is 5.66. The van der Waals surface area contributed by atoms with Gasteiger partial charge in [0.15, 0.2) is 0 Å². The molecule has 0 saturated heterocycles. The summed E-state index contributed by atoms with van der Waals surface area (Å²) in [6, 6.07) is 20.0. The summed E-state index contributed by atoms with van der Waals surface area (Å²) in [6.07, 6.45) is 3.53. The molecule has 1 N–H and O–H groups in total. The molecule has 4 aromatic rings. The molecule has 1 atom stereocenters. The number of fused-ring (bicyclic) bond motifs is 1. The Labute approximate surface area is 224 Å². The molecule has 38 heavy (non-hydrogen) atoms. The summed E-state index contributed by atoms with van der Waals surface area (Å²) >= 11 is 0. The number of hydrogen-bond acceptors (Lipinski definition) is 4. The van der Waals surface area contributed by atoms with Crippen molar-refractivity contribution in [3.63, 3.8) is 0 Å². The van der Waals surface area contributed by atoms with Crippen molar-refractivity contribution in [1.29, 1.82) is 0 Å². The number of nitrogens with one attached hydrogen (secondary N) is 1. The SMILES string of the molecule is CC(C)(C)S(=O)N1Cc2cc(C(=O)NCc3ccccc3F)nc(-c3cccc(-c4cccnc4)c3)c2C1. The highest BCUT2D eigenvalue weighted by atomic mass is 32.2. The fourth-order valence-corrected chi connectivity index (χ4v) is 5.79. The lowest BCUT2D eigenvalue weighted by Gasteiger charge is -2.24. The molecule has 0 fully saturated rings. The zero-order valence-corrected chi connectivity index (χ0v) is 22.4. The van der Waals surface area contributed by atoms with Crippen molar-refractivity contribution in [2.24, 2.45) is 0 Å². The lowest BCUT2D eigenvalue weighted by atomic mass is 9.98. The van der Waals surface area contributed by atoms with Gasteiger partial charge in [-0.25, -0.2) is 17.9 Å². The van der Waals surface area contributed by atoms with Crippen LogP contribution in [0.25, 0.3) is 22.4 Å². The van der Waals surface area contributed by atoms with Gasteiger partial charge in [-0.2, -0.15) is 0 Å². The first-order valence-corrected chi connectivity index (χ1v) is 13.5. The molecule has 0 aliphatic carbocycles. The van der Waals surface area contributed by atoms with E-state index in [9.17, 15) is 13.4 Å². The van der Waals surface area contributed by atoms with E-state index < -0.39 is 21.6 Å². The molecular formula is C30H29FN4O2S. The van der Waals surface area contributed by atoms with Crippen LogP contribution in [0.2, 0.25) is 0 Å². The minimum atomic E-state index is -1.23. The number of halogens is 1. The Morgan fingerprint density at radius 1 is 1.00 bits per heavy atom. The summed E-state index contributed by atoms with van der Waals surface area (Å²) in [4.78, 5) is 22.2. The molecule has 1 unspecified atom stereocenters. The van der Waals surface area contributed by atoms with Gasteiger partial charge in [-0.15, -0.1) is 0 Å². The highest BCUT2D eigenvalue weighted by Crippen LogP contribution is 2.36. The number of amides is 1. The van der Waals surface area contributed by atoms with Crippen LogP contribution in [-0.4, -0.2) is 29.1 Å². The molecule has 2 aromatic heterocycles. The molecular weight excluding hydrogens is 499 g/mol. The van der Waals surface area contributed by atoms with Crippen LogP contribution in [0.15, 0.2) is 79.1 Å². The van der Waals surface area contributed by atoms with E-state index in [0.717, 1.165) is 27.8 Å². The lowest BCUT2D eigenvalue weighted by molar-refractivity contribution is 0.0945. The van der Waals surface area contributed by atoms with Gasteiger partial charge >= 0.3 is 0 Å². The summed E-state index contributed by atoms with van der Waals surface area (Å²) in [6.45, 7) is 6.81. The van der Waals surface area contributed by atoms with E-state index in [1.807, 2.05) is 61.5 Å². The summed E-state index contributed by atoms with van der Waals surface area (Å²) in [5.41, 5.74) is 6.00. The molecule has 0 saturated carbocycles. The minimum absolute atomic E-state index is 0.0518. The number of benzene rings is 2. The molecule has 1 aliphatic heterocycles. The third-order valence-electron chi connectivity index (χ3n) is 6.42. The van der Waals surface area contributed by atoms with Crippen molar-refractivity contribution in [2.75, 3.05) is 0 Å². The molecule has 2 aromatic carbocycles. The molecule has 5 rings (SSSR count). The van der Waals surface area contributed by atoms with Gasteiger partial charge in [0, 0.05) is 48.7 Å². The van der Waals surface area contributed by atoms with Crippen LogP contribution in [0.5, 0.6) is 0 Å². The Bertz CT molecular complexity index is 1520. The van der Waals surface area contributed by atoms with Gasteiger partial charge in [0.05, 0.1) is 10.4 Å². The van der Waals surface area contributed by atoms with Crippen LogP contribution in [0.1, 0.15) is 48.0 Å². The van der Waals surface area contributed by atoms with Crippen LogP contribution in [0.4, 0.5) is 4.39 Å². The van der Waals surface area contributed by atoms with Gasteiger partial charge in [-0.3, -0.25) is 9.78 Å². The second-order valence-electron chi connectivity index (χ2n) is 10.2.